The normalized spacial score (nSPS) is 20.7. The fourth-order valence-electron chi connectivity index (χ4n) is 4.64. The van der Waals surface area contributed by atoms with Gasteiger partial charge in [-0.2, -0.15) is 5.10 Å². The number of piperidine rings is 1. The van der Waals surface area contributed by atoms with Crippen LogP contribution < -0.4 is 5.32 Å². The van der Waals surface area contributed by atoms with Crippen molar-refractivity contribution in [3.05, 3.63) is 63.6 Å². The van der Waals surface area contributed by atoms with E-state index in [2.05, 4.69) is 25.5 Å². The zero-order valence-corrected chi connectivity index (χ0v) is 20.5. The molecule has 3 aromatic rings. The number of aliphatic carboxylic acids is 1. The van der Waals surface area contributed by atoms with Gasteiger partial charge in [0.2, 0.25) is 5.95 Å². The largest absolute Gasteiger partial charge is 0.481 e. The lowest BCUT2D eigenvalue weighted by Crippen LogP contribution is -2.50. The van der Waals surface area contributed by atoms with Gasteiger partial charge < -0.3 is 10.4 Å². The average Bonchev–Trinajstić information content (AvgIpc) is 3.21. The van der Waals surface area contributed by atoms with Crippen LogP contribution in [0.3, 0.4) is 0 Å². The molecule has 0 unspecified atom stereocenters. The van der Waals surface area contributed by atoms with E-state index in [4.69, 9.17) is 11.6 Å². The minimum Gasteiger partial charge on any atom is -0.481 e. The van der Waals surface area contributed by atoms with E-state index >= 15 is 4.39 Å². The Balaban J connectivity index is 1.55. The second-order valence-corrected chi connectivity index (χ2v) is 9.61. The molecule has 0 saturated carbocycles. The SMILES string of the molecule is Cc1cc(Nc2nc(C)c(F)c(C[C@@]3(C(=O)O)CCN(Cc4cccc(Cl)c4F)[C@H](C)C3)n2)n[nH]1. The molecule has 3 N–H and O–H groups in total. The Kier molecular flexibility index (Phi) is 7.05. The Morgan fingerprint density at radius 3 is 2.74 bits per heavy atom. The standard InChI is InChI=1S/C24H27ClF2N6O2/c1-13-9-19(32-31-13)30-23-28-15(3)20(26)18(29-23)11-24(22(34)35)7-8-33(14(2)10-24)12-16-5-4-6-17(25)21(16)27/h4-6,9,14H,7-8,10-12H2,1-3H3,(H,34,35)(H2,28,29,30,31,32)/t14-,24-/m1/s1. The predicted molar refractivity (Wildman–Crippen MR) is 128 cm³/mol. The number of aromatic nitrogens is 4. The van der Waals surface area contributed by atoms with Crippen LogP contribution in [0.4, 0.5) is 20.5 Å². The highest BCUT2D eigenvalue weighted by Gasteiger charge is 2.45. The number of hydrogen-bond acceptors (Lipinski definition) is 6. The van der Waals surface area contributed by atoms with Crippen LogP contribution in [0.15, 0.2) is 24.3 Å². The van der Waals surface area contributed by atoms with Gasteiger partial charge >= 0.3 is 5.97 Å². The fraction of sp³-hybridized carbons (Fsp3) is 0.417. The molecule has 4 rings (SSSR count). The minimum absolute atomic E-state index is 0.0381. The number of carboxylic acids is 1. The van der Waals surface area contributed by atoms with E-state index in [1.54, 1.807) is 18.2 Å². The van der Waals surface area contributed by atoms with Crippen LogP contribution in [-0.2, 0) is 17.8 Å². The summed E-state index contributed by atoms with van der Waals surface area (Å²) in [5.74, 6) is -1.48. The lowest BCUT2D eigenvalue weighted by Gasteiger charge is -2.43. The van der Waals surface area contributed by atoms with E-state index < -0.39 is 23.0 Å². The van der Waals surface area contributed by atoms with Gasteiger partial charge in [0.1, 0.15) is 5.82 Å². The van der Waals surface area contributed by atoms with Crippen LogP contribution in [0, 0.1) is 30.9 Å². The van der Waals surface area contributed by atoms with Gasteiger partial charge in [0.25, 0.3) is 0 Å². The lowest BCUT2D eigenvalue weighted by molar-refractivity contribution is -0.153. The molecule has 0 bridgehead atoms. The number of H-pyrrole nitrogens is 1. The molecular weight excluding hydrogens is 478 g/mol. The van der Waals surface area contributed by atoms with Gasteiger partial charge in [-0.15, -0.1) is 0 Å². The number of carbonyl (C=O) groups is 1. The monoisotopic (exact) mass is 504 g/mol. The predicted octanol–water partition coefficient (Wildman–Crippen LogP) is 4.79. The van der Waals surface area contributed by atoms with Gasteiger partial charge in [0.15, 0.2) is 11.6 Å². The molecule has 1 fully saturated rings. The lowest BCUT2D eigenvalue weighted by atomic mass is 9.72. The number of aromatic amines is 1. The van der Waals surface area contributed by atoms with Crippen LogP contribution in [-0.4, -0.2) is 48.7 Å². The second-order valence-electron chi connectivity index (χ2n) is 9.20. The third-order valence-electron chi connectivity index (χ3n) is 6.58. The average molecular weight is 505 g/mol. The van der Waals surface area contributed by atoms with Crippen LogP contribution >= 0.6 is 11.6 Å². The van der Waals surface area contributed by atoms with Crippen molar-refractivity contribution in [3.8, 4) is 0 Å². The molecular formula is C24H27ClF2N6O2. The number of aryl methyl sites for hydroxylation is 2. The highest BCUT2D eigenvalue weighted by Crippen LogP contribution is 2.39. The molecule has 2 aromatic heterocycles. The maximum atomic E-state index is 15.0. The van der Waals surface area contributed by atoms with Crippen molar-refractivity contribution in [2.24, 2.45) is 5.41 Å². The zero-order chi connectivity index (χ0) is 25.3. The van der Waals surface area contributed by atoms with Crippen molar-refractivity contribution in [2.45, 2.75) is 52.6 Å². The molecule has 3 heterocycles. The van der Waals surface area contributed by atoms with Gasteiger partial charge in [0.05, 0.1) is 21.8 Å². The molecule has 0 spiro atoms. The number of nitrogens with one attached hydrogen (secondary N) is 2. The van der Waals surface area contributed by atoms with Gasteiger partial charge in [0, 0.05) is 36.3 Å². The van der Waals surface area contributed by atoms with E-state index in [0.717, 1.165) is 5.69 Å². The molecule has 0 radical (unpaired) electrons. The van der Waals surface area contributed by atoms with E-state index in [1.807, 2.05) is 18.7 Å². The highest BCUT2D eigenvalue weighted by atomic mass is 35.5. The van der Waals surface area contributed by atoms with E-state index in [-0.39, 0.29) is 47.7 Å². The van der Waals surface area contributed by atoms with Crippen molar-refractivity contribution in [3.63, 3.8) is 0 Å². The van der Waals surface area contributed by atoms with E-state index in [0.29, 0.717) is 24.5 Å². The van der Waals surface area contributed by atoms with Gasteiger partial charge in [-0.25, -0.2) is 18.7 Å². The Morgan fingerprint density at radius 2 is 2.09 bits per heavy atom. The molecule has 11 heteroatoms. The quantitative estimate of drug-likeness (QED) is 0.424. The van der Waals surface area contributed by atoms with Crippen molar-refractivity contribution in [1.29, 1.82) is 0 Å². The molecule has 1 aliphatic heterocycles. The smallest absolute Gasteiger partial charge is 0.310 e. The molecule has 1 aromatic carbocycles. The zero-order valence-electron chi connectivity index (χ0n) is 19.7. The van der Waals surface area contributed by atoms with Crippen LogP contribution in [0.1, 0.15) is 42.4 Å². The van der Waals surface area contributed by atoms with Crippen LogP contribution in [0.5, 0.6) is 0 Å². The van der Waals surface area contributed by atoms with Crippen molar-refractivity contribution in [1.82, 2.24) is 25.1 Å². The Bertz CT molecular complexity index is 1250. The van der Waals surface area contributed by atoms with Gasteiger partial charge in [-0.1, -0.05) is 23.7 Å². The first-order chi connectivity index (χ1) is 16.6. The molecule has 1 saturated heterocycles. The van der Waals surface area contributed by atoms with Crippen molar-refractivity contribution in [2.75, 3.05) is 11.9 Å². The topological polar surface area (TPSA) is 107 Å². The maximum absolute atomic E-state index is 15.0. The number of rotatable bonds is 7. The number of hydrogen-bond donors (Lipinski definition) is 3. The Hall–Kier alpha value is -3.11. The third kappa shape index (κ3) is 5.28. The number of likely N-dealkylation sites (tertiary alicyclic amines) is 1. The molecule has 0 aliphatic carbocycles. The summed E-state index contributed by atoms with van der Waals surface area (Å²) in [6.07, 6.45) is 0.433. The number of carboxylic acid groups (broad SMARTS) is 1. The summed E-state index contributed by atoms with van der Waals surface area (Å²) >= 11 is 5.91. The fourth-order valence-corrected chi connectivity index (χ4v) is 4.83. The summed E-state index contributed by atoms with van der Waals surface area (Å²) in [4.78, 5) is 22.9. The summed E-state index contributed by atoms with van der Waals surface area (Å²) in [5, 5.41) is 20.0. The minimum atomic E-state index is -1.22. The molecule has 0 amide bonds. The first-order valence-corrected chi connectivity index (χ1v) is 11.7. The number of anilines is 2. The first kappa shape index (κ1) is 25.0. The van der Waals surface area contributed by atoms with Crippen LogP contribution in [0.25, 0.3) is 0 Å². The summed E-state index contributed by atoms with van der Waals surface area (Å²) in [6.45, 7) is 5.96. The molecule has 35 heavy (non-hydrogen) atoms. The molecule has 8 nitrogen and oxygen atoms in total. The molecule has 2 atom stereocenters. The first-order valence-electron chi connectivity index (χ1n) is 11.3. The summed E-state index contributed by atoms with van der Waals surface area (Å²) in [6, 6.07) is 6.41. The maximum Gasteiger partial charge on any atom is 0.310 e. The molecule has 1 aliphatic rings. The summed E-state index contributed by atoms with van der Waals surface area (Å²) in [7, 11) is 0. The van der Waals surface area contributed by atoms with Gasteiger partial charge in [-0.3, -0.25) is 14.8 Å². The van der Waals surface area contributed by atoms with Crippen LogP contribution in [0.2, 0.25) is 5.02 Å². The van der Waals surface area contributed by atoms with Crippen molar-refractivity contribution >= 4 is 29.3 Å². The van der Waals surface area contributed by atoms with Gasteiger partial charge in [-0.05, 0) is 46.2 Å². The Morgan fingerprint density at radius 1 is 1.31 bits per heavy atom. The third-order valence-corrected chi connectivity index (χ3v) is 6.87. The number of nitrogens with zero attached hydrogens (tertiary/aromatic N) is 4. The Labute approximate surface area is 206 Å². The summed E-state index contributed by atoms with van der Waals surface area (Å²) in [5.41, 5.74) is 0.220. The van der Waals surface area contributed by atoms with Crippen molar-refractivity contribution < 1.29 is 18.7 Å². The number of benzene rings is 1. The number of halogens is 3. The highest BCUT2D eigenvalue weighted by molar-refractivity contribution is 6.30. The summed E-state index contributed by atoms with van der Waals surface area (Å²) < 4.78 is 29.4. The molecule has 186 valence electrons. The second kappa shape index (κ2) is 9.87. The van der Waals surface area contributed by atoms with E-state index in [9.17, 15) is 14.3 Å². The van der Waals surface area contributed by atoms with E-state index in [1.165, 1.54) is 13.0 Å².